The fraction of sp³-hybridized carbons (Fsp3) is 0.929. The first-order chi connectivity index (χ1) is 7.47. The van der Waals surface area contributed by atoms with Crippen molar-refractivity contribution in [3.05, 3.63) is 0 Å². The van der Waals surface area contributed by atoms with Crippen LogP contribution in [0.25, 0.3) is 0 Å². The topological polar surface area (TPSA) is 29.1 Å². The maximum atomic E-state index is 11.6. The van der Waals surface area contributed by atoms with Crippen LogP contribution in [0.15, 0.2) is 0 Å². The van der Waals surface area contributed by atoms with Gasteiger partial charge in [-0.05, 0) is 39.5 Å². The predicted octanol–water partition coefficient (Wildman–Crippen LogP) is 3.65. The van der Waals surface area contributed by atoms with Gasteiger partial charge in [-0.3, -0.25) is 4.79 Å². The molecule has 0 aromatic carbocycles. The molecule has 0 saturated heterocycles. The molecule has 2 nitrogen and oxygen atoms in total. The minimum absolute atomic E-state index is 0.0814. The third-order valence-corrected chi connectivity index (χ3v) is 3.26. The lowest BCUT2D eigenvalue weighted by molar-refractivity contribution is -0.122. The summed E-state index contributed by atoms with van der Waals surface area (Å²) in [6.07, 6.45) is 10.0. The number of amides is 1. The molecule has 0 aliphatic heterocycles. The molecular formula is C14H27NO. The SMILES string of the molecule is CC(C)(C)NC(=O)CCCC1CCCCC1. The molecule has 0 radical (unpaired) electrons. The van der Waals surface area contributed by atoms with Crippen molar-refractivity contribution >= 4 is 5.91 Å². The first-order valence-corrected chi connectivity index (χ1v) is 6.78. The first kappa shape index (κ1) is 13.5. The van der Waals surface area contributed by atoms with E-state index in [1.165, 1.54) is 38.5 Å². The van der Waals surface area contributed by atoms with Gasteiger partial charge in [0.15, 0.2) is 0 Å². The molecule has 0 heterocycles. The van der Waals surface area contributed by atoms with Gasteiger partial charge in [-0.1, -0.05) is 32.1 Å². The van der Waals surface area contributed by atoms with Crippen molar-refractivity contribution in [2.24, 2.45) is 5.92 Å². The highest BCUT2D eigenvalue weighted by Gasteiger charge is 2.15. The maximum absolute atomic E-state index is 11.6. The van der Waals surface area contributed by atoms with Crippen LogP contribution in [-0.2, 0) is 4.79 Å². The van der Waals surface area contributed by atoms with Gasteiger partial charge in [0.05, 0.1) is 0 Å². The molecule has 1 N–H and O–H groups in total. The fourth-order valence-electron chi connectivity index (χ4n) is 2.51. The second kappa shape index (κ2) is 6.27. The Hall–Kier alpha value is -0.530. The van der Waals surface area contributed by atoms with E-state index in [1.54, 1.807) is 0 Å². The number of nitrogens with one attached hydrogen (secondary N) is 1. The van der Waals surface area contributed by atoms with Crippen LogP contribution in [0.1, 0.15) is 72.1 Å². The molecule has 1 rings (SSSR count). The van der Waals surface area contributed by atoms with Crippen LogP contribution in [0.5, 0.6) is 0 Å². The van der Waals surface area contributed by atoms with E-state index in [4.69, 9.17) is 0 Å². The smallest absolute Gasteiger partial charge is 0.220 e. The minimum atomic E-state index is -0.0814. The number of carbonyl (C=O) groups excluding carboxylic acids is 1. The molecule has 1 aliphatic carbocycles. The summed E-state index contributed by atoms with van der Waals surface area (Å²) in [5.74, 6) is 1.11. The molecule has 0 atom stereocenters. The molecule has 1 aliphatic rings. The largest absolute Gasteiger partial charge is 0.352 e. The predicted molar refractivity (Wildman–Crippen MR) is 68.3 cm³/mol. The van der Waals surface area contributed by atoms with E-state index in [1.807, 2.05) is 20.8 Å². The zero-order chi connectivity index (χ0) is 12.0. The van der Waals surface area contributed by atoms with Crippen LogP contribution in [0.2, 0.25) is 0 Å². The maximum Gasteiger partial charge on any atom is 0.220 e. The van der Waals surface area contributed by atoms with E-state index in [9.17, 15) is 4.79 Å². The van der Waals surface area contributed by atoms with Gasteiger partial charge in [-0.25, -0.2) is 0 Å². The van der Waals surface area contributed by atoms with Crippen LogP contribution in [-0.4, -0.2) is 11.4 Å². The van der Waals surface area contributed by atoms with E-state index in [0.717, 1.165) is 12.3 Å². The Balaban J connectivity index is 2.08. The summed E-state index contributed by atoms with van der Waals surface area (Å²) in [6.45, 7) is 6.10. The number of carbonyl (C=O) groups is 1. The van der Waals surface area contributed by atoms with Gasteiger partial charge in [-0.2, -0.15) is 0 Å². The summed E-state index contributed by atoms with van der Waals surface area (Å²) in [7, 11) is 0. The van der Waals surface area contributed by atoms with E-state index < -0.39 is 0 Å². The van der Waals surface area contributed by atoms with Crippen molar-refractivity contribution in [2.75, 3.05) is 0 Å². The lowest BCUT2D eigenvalue weighted by atomic mass is 9.86. The summed E-state index contributed by atoms with van der Waals surface area (Å²) in [6, 6.07) is 0. The number of hydrogen-bond donors (Lipinski definition) is 1. The molecular weight excluding hydrogens is 198 g/mol. The molecule has 0 spiro atoms. The molecule has 94 valence electrons. The van der Waals surface area contributed by atoms with Crippen molar-refractivity contribution in [2.45, 2.75) is 77.7 Å². The van der Waals surface area contributed by atoms with Gasteiger partial charge in [0.1, 0.15) is 0 Å². The van der Waals surface area contributed by atoms with Gasteiger partial charge < -0.3 is 5.32 Å². The van der Waals surface area contributed by atoms with Crippen LogP contribution in [0.3, 0.4) is 0 Å². The third kappa shape index (κ3) is 6.14. The molecule has 1 fully saturated rings. The van der Waals surface area contributed by atoms with Crippen LogP contribution < -0.4 is 5.32 Å². The highest BCUT2D eigenvalue weighted by Crippen LogP contribution is 2.27. The standard InChI is InChI=1S/C14H27NO/c1-14(2,3)15-13(16)11-7-10-12-8-5-4-6-9-12/h12H,4-11H2,1-3H3,(H,15,16). The summed E-state index contributed by atoms with van der Waals surface area (Å²) < 4.78 is 0. The molecule has 0 aromatic rings. The molecule has 16 heavy (non-hydrogen) atoms. The van der Waals surface area contributed by atoms with Gasteiger partial charge >= 0.3 is 0 Å². The van der Waals surface area contributed by atoms with E-state index >= 15 is 0 Å². The van der Waals surface area contributed by atoms with E-state index in [2.05, 4.69) is 5.32 Å². The molecule has 1 amide bonds. The van der Waals surface area contributed by atoms with Crippen LogP contribution >= 0.6 is 0 Å². The normalized spacial score (nSPS) is 18.4. The fourth-order valence-corrected chi connectivity index (χ4v) is 2.51. The summed E-state index contributed by atoms with van der Waals surface area (Å²) in [4.78, 5) is 11.6. The van der Waals surface area contributed by atoms with Gasteiger partial charge in [0.25, 0.3) is 0 Å². The van der Waals surface area contributed by atoms with Crippen molar-refractivity contribution in [1.82, 2.24) is 5.32 Å². The zero-order valence-electron chi connectivity index (χ0n) is 11.1. The Kier molecular flexibility index (Phi) is 5.30. The molecule has 2 heteroatoms. The monoisotopic (exact) mass is 225 g/mol. The van der Waals surface area contributed by atoms with E-state index in [-0.39, 0.29) is 11.4 Å². The minimum Gasteiger partial charge on any atom is -0.352 e. The highest BCUT2D eigenvalue weighted by molar-refractivity contribution is 5.76. The molecule has 0 aromatic heterocycles. The van der Waals surface area contributed by atoms with Crippen molar-refractivity contribution < 1.29 is 4.79 Å². The number of hydrogen-bond acceptors (Lipinski definition) is 1. The molecule has 1 saturated carbocycles. The molecule has 0 unspecified atom stereocenters. The summed E-state index contributed by atoms with van der Waals surface area (Å²) in [5, 5.41) is 3.02. The Morgan fingerprint density at radius 3 is 2.38 bits per heavy atom. The van der Waals surface area contributed by atoms with Crippen molar-refractivity contribution in [1.29, 1.82) is 0 Å². The lowest BCUT2D eigenvalue weighted by Gasteiger charge is -2.22. The average Bonchev–Trinajstić information content (AvgIpc) is 2.16. The van der Waals surface area contributed by atoms with Crippen molar-refractivity contribution in [3.8, 4) is 0 Å². The lowest BCUT2D eigenvalue weighted by Crippen LogP contribution is -2.40. The summed E-state index contributed by atoms with van der Waals surface area (Å²) in [5.41, 5.74) is -0.0814. The van der Waals surface area contributed by atoms with Gasteiger partial charge in [0, 0.05) is 12.0 Å². The van der Waals surface area contributed by atoms with E-state index in [0.29, 0.717) is 6.42 Å². The average molecular weight is 225 g/mol. The second-order valence-corrected chi connectivity index (χ2v) is 6.19. The Bertz CT molecular complexity index is 211. The summed E-state index contributed by atoms with van der Waals surface area (Å²) >= 11 is 0. The Morgan fingerprint density at radius 2 is 1.81 bits per heavy atom. The van der Waals surface area contributed by atoms with Gasteiger partial charge in [0.2, 0.25) is 5.91 Å². The first-order valence-electron chi connectivity index (χ1n) is 6.78. The van der Waals surface area contributed by atoms with Gasteiger partial charge in [-0.15, -0.1) is 0 Å². The molecule has 0 bridgehead atoms. The Morgan fingerprint density at radius 1 is 1.19 bits per heavy atom. The zero-order valence-corrected chi connectivity index (χ0v) is 11.1. The Labute approximate surface area is 100 Å². The van der Waals surface area contributed by atoms with Crippen LogP contribution in [0.4, 0.5) is 0 Å². The quantitative estimate of drug-likeness (QED) is 0.777. The van der Waals surface area contributed by atoms with Crippen molar-refractivity contribution in [3.63, 3.8) is 0 Å². The third-order valence-electron chi connectivity index (χ3n) is 3.26. The highest BCUT2D eigenvalue weighted by atomic mass is 16.1. The second-order valence-electron chi connectivity index (χ2n) is 6.19. The number of rotatable bonds is 4. The van der Waals surface area contributed by atoms with Crippen LogP contribution in [0, 0.1) is 5.92 Å².